The number of benzene rings is 5. The molecule has 0 aliphatic heterocycles. The average Bonchev–Trinajstić information content (AvgIpc) is 2.95. The summed E-state index contributed by atoms with van der Waals surface area (Å²) in [4.78, 5) is 4.88. The molecule has 0 aromatic heterocycles. The van der Waals surface area contributed by atoms with E-state index in [1.54, 1.807) is 0 Å². The van der Waals surface area contributed by atoms with Gasteiger partial charge in [-0.2, -0.15) is 0 Å². The normalized spacial score (nSPS) is 12.6. The monoisotopic (exact) mass is 608 g/mol. The third-order valence-corrected chi connectivity index (χ3v) is 8.74. The Balaban J connectivity index is 1.86. The standard InChI is InChI=1S/C44H52N2/c1-31-15-11-19-36(23-31)45(37-20-12-16-32(2)24-37)40-27-35(42(44(8,9)10)30-43(5,6)7)28-41(29-40)46(38-21-13-17-33(3)25-38)39-22-14-18-34(4)26-39/h11-29,42H,30H2,1-10H3. The van der Waals surface area contributed by atoms with E-state index in [0.717, 1.165) is 40.5 Å². The van der Waals surface area contributed by atoms with E-state index >= 15 is 0 Å². The molecule has 0 N–H and O–H groups in total. The maximum Gasteiger partial charge on any atom is 0.0485 e. The molecule has 46 heavy (non-hydrogen) atoms. The van der Waals surface area contributed by atoms with Gasteiger partial charge in [-0.15, -0.1) is 0 Å². The SMILES string of the molecule is Cc1cccc(N(c2cccc(C)c2)c2cc(C(CC(C)(C)C)C(C)(C)C)cc(N(c3cccc(C)c3)c3cccc(C)c3)c2)c1. The predicted octanol–water partition coefficient (Wildman–Crippen LogP) is 13.4. The van der Waals surface area contributed by atoms with Crippen molar-refractivity contribution < 1.29 is 0 Å². The van der Waals surface area contributed by atoms with Gasteiger partial charge < -0.3 is 9.80 Å². The molecule has 0 radical (unpaired) electrons. The van der Waals surface area contributed by atoms with Gasteiger partial charge in [-0.3, -0.25) is 0 Å². The van der Waals surface area contributed by atoms with Gasteiger partial charge in [-0.1, -0.05) is 90.1 Å². The summed E-state index contributed by atoms with van der Waals surface area (Å²) >= 11 is 0. The zero-order valence-electron chi connectivity index (χ0n) is 29.6. The number of nitrogens with zero attached hydrogens (tertiary/aromatic N) is 2. The Hall–Kier alpha value is -4.30. The fourth-order valence-electron chi connectivity index (χ4n) is 6.58. The lowest BCUT2D eigenvalue weighted by atomic mass is 9.69. The fourth-order valence-corrected chi connectivity index (χ4v) is 6.58. The highest BCUT2D eigenvalue weighted by molar-refractivity contribution is 5.84. The number of hydrogen-bond acceptors (Lipinski definition) is 2. The highest BCUT2D eigenvalue weighted by Gasteiger charge is 2.32. The molecule has 2 heteroatoms. The molecule has 0 aliphatic carbocycles. The van der Waals surface area contributed by atoms with Gasteiger partial charge in [0.15, 0.2) is 0 Å². The summed E-state index contributed by atoms with van der Waals surface area (Å²) in [7, 11) is 0. The molecule has 5 rings (SSSR count). The van der Waals surface area contributed by atoms with E-state index < -0.39 is 0 Å². The van der Waals surface area contributed by atoms with E-state index in [9.17, 15) is 0 Å². The molecule has 1 atom stereocenters. The summed E-state index contributed by atoms with van der Waals surface area (Å²) in [5.41, 5.74) is 13.6. The molecule has 0 fully saturated rings. The van der Waals surface area contributed by atoms with Gasteiger partial charge in [0.1, 0.15) is 0 Å². The molecule has 0 heterocycles. The van der Waals surface area contributed by atoms with Crippen molar-refractivity contribution in [2.75, 3.05) is 9.80 Å². The summed E-state index contributed by atoms with van der Waals surface area (Å²) in [6, 6.07) is 42.8. The minimum atomic E-state index is 0.0676. The minimum Gasteiger partial charge on any atom is -0.310 e. The largest absolute Gasteiger partial charge is 0.310 e. The van der Waals surface area contributed by atoms with Crippen LogP contribution in [0.2, 0.25) is 0 Å². The van der Waals surface area contributed by atoms with Crippen LogP contribution in [0.4, 0.5) is 34.1 Å². The number of anilines is 6. The molecular formula is C44H52N2. The van der Waals surface area contributed by atoms with E-state index in [1.165, 1.54) is 27.8 Å². The summed E-state index contributed by atoms with van der Waals surface area (Å²) in [5, 5.41) is 0. The Morgan fingerprint density at radius 3 is 1.02 bits per heavy atom. The van der Waals surface area contributed by atoms with E-state index in [1.807, 2.05) is 0 Å². The van der Waals surface area contributed by atoms with Gasteiger partial charge in [-0.25, -0.2) is 0 Å². The summed E-state index contributed by atoms with van der Waals surface area (Å²) in [5.74, 6) is 0.347. The molecular weight excluding hydrogens is 556 g/mol. The maximum atomic E-state index is 2.46. The topological polar surface area (TPSA) is 6.48 Å². The highest BCUT2D eigenvalue weighted by Crippen LogP contribution is 2.48. The van der Waals surface area contributed by atoms with Gasteiger partial charge in [0.25, 0.3) is 0 Å². The second-order valence-corrected chi connectivity index (χ2v) is 15.5. The summed E-state index contributed by atoms with van der Waals surface area (Å²) in [6.07, 6.45) is 1.09. The van der Waals surface area contributed by atoms with Gasteiger partial charge in [-0.05, 0) is 145 Å². The molecule has 238 valence electrons. The molecule has 5 aromatic carbocycles. The van der Waals surface area contributed by atoms with Gasteiger partial charge in [0.2, 0.25) is 0 Å². The lowest BCUT2D eigenvalue weighted by molar-refractivity contribution is 0.229. The first-order chi connectivity index (χ1) is 21.7. The fraction of sp³-hybridized carbons (Fsp3) is 0.318. The number of rotatable bonds is 8. The third kappa shape index (κ3) is 7.91. The Labute approximate surface area is 278 Å². The van der Waals surface area contributed by atoms with E-state index in [2.05, 4.69) is 194 Å². The minimum absolute atomic E-state index is 0.0676. The predicted molar refractivity (Wildman–Crippen MR) is 201 cm³/mol. The first kappa shape index (κ1) is 33.1. The van der Waals surface area contributed by atoms with Crippen LogP contribution in [0.5, 0.6) is 0 Å². The maximum absolute atomic E-state index is 2.46. The van der Waals surface area contributed by atoms with Crippen LogP contribution in [0.25, 0.3) is 0 Å². The van der Waals surface area contributed by atoms with Crippen LogP contribution in [-0.4, -0.2) is 0 Å². The summed E-state index contributed by atoms with van der Waals surface area (Å²) in [6.45, 7) is 23.0. The molecule has 0 saturated carbocycles. The smallest absolute Gasteiger partial charge is 0.0485 e. The lowest BCUT2D eigenvalue weighted by Crippen LogP contribution is -2.24. The lowest BCUT2D eigenvalue weighted by Gasteiger charge is -2.38. The second-order valence-electron chi connectivity index (χ2n) is 15.5. The molecule has 0 aliphatic rings. The molecule has 0 bridgehead atoms. The Morgan fingerprint density at radius 2 is 0.761 bits per heavy atom. The quantitative estimate of drug-likeness (QED) is 0.173. The molecule has 1 unspecified atom stereocenters. The van der Waals surface area contributed by atoms with Crippen LogP contribution in [-0.2, 0) is 0 Å². The van der Waals surface area contributed by atoms with Crippen molar-refractivity contribution in [2.24, 2.45) is 10.8 Å². The molecule has 0 amide bonds. The van der Waals surface area contributed by atoms with Crippen LogP contribution >= 0.6 is 0 Å². The molecule has 0 spiro atoms. The first-order valence-electron chi connectivity index (χ1n) is 16.7. The van der Waals surface area contributed by atoms with Crippen LogP contribution in [0.3, 0.4) is 0 Å². The van der Waals surface area contributed by atoms with Gasteiger partial charge in [0.05, 0.1) is 0 Å². The number of aryl methyl sites for hydroxylation is 4. The Bertz CT molecular complexity index is 1600. The van der Waals surface area contributed by atoms with Crippen molar-refractivity contribution in [2.45, 2.75) is 81.6 Å². The van der Waals surface area contributed by atoms with E-state index in [0.29, 0.717) is 5.92 Å². The zero-order valence-corrected chi connectivity index (χ0v) is 29.6. The Morgan fingerprint density at radius 1 is 0.435 bits per heavy atom. The van der Waals surface area contributed by atoms with Crippen LogP contribution in [0.15, 0.2) is 115 Å². The van der Waals surface area contributed by atoms with Crippen molar-refractivity contribution in [1.82, 2.24) is 0 Å². The van der Waals surface area contributed by atoms with Gasteiger partial charge in [0, 0.05) is 34.1 Å². The van der Waals surface area contributed by atoms with Gasteiger partial charge >= 0.3 is 0 Å². The molecule has 5 aromatic rings. The van der Waals surface area contributed by atoms with Crippen LogP contribution < -0.4 is 9.80 Å². The van der Waals surface area contributed by atoms with Crippen molar-refractivity contribution in [3.8, 4) is 0 Å². The first-order valence-corrected chi connectivity index (χ1v) is 16.7. The van der Waals surface area contributed by atoms with Crippen molar-refractivity contribution in [3.05, 3.63) is 143 Å². The van der Waals surface area contributed by atoms with E-state index in [-0.39, 0.29) is 10.8 Å². The number of hydrogen-bond donors (Lipinski definition) is 0. The third-order valence-electron chi connectivity index (χ3n) is 8.74. The second kappa shape index (κ2) is 13.2. The van der Waals surface area contributed by atoms with Crippen LogP contribution in [0, 0.1) is 38.5 Å². The van der Waals surface area contributed by atoms with Crippen molar-refractivity contribution >= 4 is 34.1 Å². The van der Waals surface area contributed by atoms with Crippen molar-refractivity contribution in [3.63, 3.8) is 0 Å². The zero-order chi connectivity index (χ0) is 33.2. The highest BCUT2D eigenvalue weighted by atomic mass is 15.2. The van der Waals surface area contributed by atoms with Crippen LogP contribution in [0.1, 0.15) is 81.7 Å². The average molecular weight is 609 g/mol. The summed E-state index contributed by atoms with van der Waals surface area (Å²) < 4.78 is 0. The Kier molecular flexibility index (Phi) is 9.49. The molecule has 0 saturated heterocycles. The van der Waals surface area contributed by atoms with Crippen molar-refractivity contribution in [1.29, 1.82) is 0 Å². The molecule has 2 nitrogen and oxygen atoms in total. The van der Waals surface area contributed by atoms with E-state index in [4.69, 9.17) is 0 Å².